The van der Waals surface area contributed by atoms with Crippen molar-refractivity contribution in [3.8, 4) is 0 Å². The summed E-state index contributed by atoms with van der Waals surface area (Å²) in [6, 6.07) is 5.17. The van der Waals surface area contributed by atoms with Crippen LogP contribution < -0.4 is 10.2 Å². The minimum Gasteiger partial charge on any atom is -0.475 e. The maximum absolute atomic E-state index is 12.3. The van der Waals surface area contributed by atoms with Gasteiger partial charge in [0, 0.05) is 43.2 Å². The highest BCUT2D eigenvalue weighted by molar-refractivity contribution is 9.10. The summed E-state index contributed by atoms with van der Waals surface area (Å²) in [4.78, 5) is 27.4. The number of piperazine rings is 1. The number of furan rings is 1. The van der Waals surface area contributed by atoms with E-state index in [2.05, 4.69) is 26.1 Å². The van der Waals surface area contributed by atoms with Crippen molar-refractivity contribution in [2.75, 3.05) is 31.1 Å². The average molecular weight is 424 g/mol. The molecule has 8 heteroatoms. The summed E-state index contributed by atoms with van der Waals surface area (Å²) in [5.41, 5.74) is 1.23. The number of benzene rings is 1. The van der Waals surface area contributed by atoms with Crippen molar-refractivity contribution in [2.45, 2.75) is 26.3 Å². The van der Waals surface area contributed by atoms with E-state index in [9.17, 15) is 9.59 Å². The number of carboxylic acids is 1. The van der Waals surface area contributed by atoms with Crippen molar-refractivity contribution in [3.63, 3.8) is 0 Å². The number of anilines is 1. The molecule has 0 aliphatic carbocycles. The van der Waals surface area contributed by atoms with Gasteiger partial charge in [0.05, 0.1) is 10.2 Å². The zero-order valence-corrected chi connectivity index (χ0v) is 16.6. The first-order valence-electron chi connectivity index (χ1n) is 8.43. The zero-order chi connectivity index (χ0) is 19.1. The van der Waals surface area contributed by atoms with E-state index in [0.29, 0.717) is 31.8 Å². The molecule has 0 atom stereocenters. The Hall–Kier alpha value is -2.22. The van der Waals surface area contributed by atoms with Gasteiger partial charge in [-0.1, -0.05) is 0 Å². The Kier molecular flexibility index (Phi) is 4.88. The van der Waals surface area contributed by atoms with Gasteiger partial charge in [0.2, 0.25) is 5.76 Å². The SMILES string of the molecule is CC(C)(C)NC(=O)N1CCN(c2ccc3oc(C(=O)O)cc3c2Br)CC1. The number of halogens is 1. The zero-order valence-electron chi connectivity index (χ0n) is 15.0. The van der Waals surface area contributed by atoms with Crippen molar-refractivity contribution in [1.82, 2.24) is 10.2 Å². The molecule has 0 radical (unpaired) electrons. The van der Waals surface area contributed by atoms with Crippen LogP contribution in [0.2, 0.25) is 0 Å². The van der Waals surface area contributed by atoms with Gasteiger partial charge in [0.25, 0.3) is 0 Å². The first kappa shape index (κ1) is 18.6. The topological polar surface area (TPSA) is 86.0 Å². The molecule has 0 saturated carbocycles. The second-order valence-electron chi connectivity index (χ2n) is 7.38. The summed E-state index contributed by atoms with van der Waals surface area (Å²) in [5.74, 6) is -1.17. The van der Waals surface area contributed by atoms with Gasteiger partial charge in [-0.25, -0.2) is 9.59 Å². The van der Waals surface area contributed by atoms with Crippen molar-refractivity contribution in [1.29, 1.82) is 0 Å². The maximum atomic E-state index is 12.3. The van der Waals surface area contributed by atoms with Crippen LogP contribution in [0.15, 0.2) is 27.1 Å². The highest BCUT2D eigenvalue weighted by Crippen LogP contribution is 2.36. The van der Waals surface area contributed by atoms with E-state index >= 15 is 0 Å². The molecule has 2 N–H and O–H groups in total. The highest BCUT2D eigenvalue weighted by Gasteiger charge is 2.25. The van der Waals surface area contributed by atoms with Gasteiger partial charge in [-0.3, -0.25) is 0 Å². The van der Waals surface area contributed by atoms with Crippen LogP contribution in [0.4, 0.5) is 10.5 Å². The summed E-state index contributed by atoms with van der Waals surface area (Å²) in [6.07, 6.45) is 0. The van der Waals surface area contributed by atoms with E-state index < -0.39 is 5.97 Å². The number of fused-ring (bicyclic) bond motifs is 1. The van der Waals surface area contributed by atoms with Gasteiger partial charge in [0.15, 0.2) is 0 Å². The lowest BCUT2D eigenvalue weighted by Gasteiger charge is -2.37. The quantitative estimate of drug-likeness (QED) is 0.771. The van der Waals surface area contributed by atoms with Crippen LogP contribution in [0, 0.1) is 0 Å². The van der Waals surface area contributed by atoms with Crippen LogP contribution in [-0.4, -0.2) is 53.7 Å². The molecular weight excluding hydrogens is 402 g/mol. The molecule has 2 aromatic rings. The number of urea groups is 1. The monoisotopic (exact) mass is 423 g/mol. The van der Waals surface area contributed by atoms with E-state index in [1.807, 2.05) is 31.7 Å². The van der Waals surface area contributed by atoms with Crippen molar-refractivity contribution < 1.29 is 19.1 Å². The van der Waals surface area contributed by atoms with E-state index in [-0.39, 0.29) is 17.3 Å². The Labute approximate surface area is 160 Å². The number of hydrogen-bond donors (Lipinski definition) is 2. The molecule has 26 heavy (non-hydrogen) atoms. The predicted molar refractivity (Wildman–Crippen MR) is 103 cm³/mol. The fourth-order valence-electron chi connectivity index (χ4n) is 2.97. The average Bonchev–Trinajstić information content (AvgIpc) is 2.99. The normalized spacial score (nSPS) is 15.4. The van der Waals surface area contributed by atoms with Gasteiger partial charge in [-0.15, -0.1) is 0 Å². The summed E-state index contributed by atoms with van der Waals surface area (Å²) in [5, 5.41) is 12.8. The summed E-state index contributed by atoms with van der Waals surface area (Å²) >= 11 is 3.58. The Balaban J connectivity index is 1.74. The van der Waals surface area contributed by atoms with E-state index in [1.54, 1.807) is 6.07 Å². The van der Waals surface area contributed by atoms with Crippen molar-refractivity contribution >= 4 is 44.6 Å². The molecular formula is C18H22BrN3O4. The smallest absolute Gasteiger partial charge is 0.371 e. The number of carboxylic acid groups (broad SMARTS) is 1. The largest absolute Gasteiger partial charge is 0.475 e. The van der Waals surface area contributed by atoms with Crippen LogP contribution in [0.5, 0.6) is 0 Å². The van der Waals surface area contributed by atoms with Crippen LogP contribution in [-0.2, 0) is 0 Å². The molecule has 1 aliphatic rings. The first-order valence-corrected chi connectivity index (χ1v) is 9.22. The molecule has 2 heterocycles. The molecule has 1 fully saturated rings. The fraction of sp³-hybridized carbons (Fsp3) is 0.444. The van der Waals surface area contributed by atoms with E-state index in [4.69, 9.17) is 9.52 Å². The van der Waals surface area contributed by atoms with Gasteiger partial charge in [-0.05, 0) is 48.8 Å². The minimum atomic E-state index is -1.09. The van der Waals surface area contributed by atoms with Crippen LogP contribution in [0.1, 0.15) is 31.3 Å². The lowest BCUT2D eigenvalue weighted by atomic mass is 10.1. The van der Waals surface area contributed by atoms with Crippen molar-refractivity contribution in [3.05, 3.63) is 28.4 Å². The van der Waals surface area contributed by atoms with E-state index in [1.165, 1.54) is 6.07 Å². The van der Waals surface area contributed by atoms with E-state index in [0.717, 1.165) is 15.5 Å². The third-order valence-electron chi connectivity index (χ3n) is 4.22. The molecule has 0 bridgehead atoms. The number of rotatable bonds is 2. The van der Waals surface area contributed by atoms with Crippen molar-refractivity contribution in [2.24, 2.45) is 0 Å². The third-order valence-corrected chi connectivity index (χ3v) is 5.05. The van der Waals surface area contributed by atoms with Crippen LogP contribution in [0.25, 0.3) is 11.0 Å². The first-order chi connectivity index (χ1) is 12.2. The maximum Gasteiger partial charge on any atom is 0.371 e. The Morgan fingerprint density at radius 2 is 1.85 bits per heavy atom. The number of hydrogen-bond acceptors (Lipinski definition) is 4. The molecule has 0 spiro atoms. The highest BCUT2D eigenvalue weighted by atomic mass is 79.9. The van der Waals surface area contributed by atoms with Crippen LogP contribution in [0.3, 0.4) is 0 Å². The molecule has 1 aromatic heterocycles. The molecule has 1 aromatic carbocycles. The summed E-state index contributed by atoms with van der Waals surface area (Å²) < 4.78 is 6.14. The second kappa shape index (κ2) is 6.83. The predicted octanol–water partition coefficient (Wildman–Crippen LogP) is 3.52. The Bertz CT molecular complexity index is 848. The number of carbonyl (C=O) groups excluding carboxylic acids is 1. The Morgan fingerprint density at radius 3 is 2.42 bits per heavy atom. The number of aromatic carboxylic acids is 1. The number of nitrogens with zero attached hydrogens (tertiary/aromatic N) is 2. The summed E-state index contributed by atoms with van der Waals surface area (Å²) in [6.45, 7) is 8.53. The lowest BCUT2D eigenvalue weighted by Crippen LogP contribution is -2.55. The third kappa shape index (κ3) is 3.80. The molecule has 1 saturated heterocycles. The van der Waals surface area contributed by atoms with Gasteiger partial charge in [0.1, 0.15) is 5.58 Å². The van der Waals surface area contributed by atoms with Gasteiger partial charge in [-0.2, -0.15) is 0 Å². The standard InChI is InChI=1S/C18H22BrN3O4/c1-18(2,3)20-17(25)22-8-6-21(7-9-22)12-4-5-13-11(15(12)19)10-14(26-13)16(23)24/h4-5,10H,6-9H2,1-3H3,(H,20,25)(H,23,24). The molecule has 140 valence electrons. The molecule has 2 amide bonds. The number of carbonyl (C=O) groups is 2. The van der Waals surface area contributed by atoms with Gasteiger partial charge < -0.3 is 24.6 Å². The molecule has 0 unspecified atom stereocenters. The van der Waals surface area contributed by atoms with Gasteiger partial charge >= 0.3 is 12.0 Å². The minimum absolute atomic E-state index is 0.0485. The Morgan fingerprint density at radius 1 is 1.19 bits per heavy atom. The molecule has 7 nitrogen and oxygen atoms in total. The lowest BCUT2D eigenvalue weighted by molar-refractivity contribution is 0.0665. The number of amides is 2. The molecule has 3 rings (SSSR count). The van der Waals surface area contributed by atoms with Crippen LogP contribution >= 0.6 is 15.9 Å². The second-order valence-corrected chi connectivity index (χ2v) is 8.17. The number of nitrogens with one attached hydrogen (secondary N) is 1. The molecule has 1 aliphatic heterocycles. The fourth-order valence-corrected chi connectivity index (χ4v) is 3.66. The summed E-state index contributed by atoms with van der Waals surface area (Å²) in [7, 11) is 0.